The molecule has 30 heavy (non-hydrogen) atoms. The largest absolute Gasteiger partial charge is 0.465 e. The van der Waals surface area contributed by atoms with Gasteiger partial charge in [-0.05, 0) is 48.5 Å². The number of hydrogen-bond donors (Lipinski definition) is 2. The molecule has 0 bridgehead atoms. The maximum Gasteiger partial charge on any atom is 0.409 e. The van der Waals surface area contributed by atoms with E-state index < -0.39 is 16.9 Å². The molecule has 2 aromatic carbocycles. The van der Waals surface area contributed by atoms with Crippen LogP contribution in [0.4, 0.5) is 22.0 Å². The van der Waals surface area contributed by atoms with Crippen LogP contribution < -0.4 is 10.2 Å². The van der Waals surface area contributed by atoms with E-state index in [1.54, 1.807) is 55.7 Å². The molecule has 1 aromatic heterocycles. The number of nitrogens with one attached hydrogen (secondary N) is 1. The Bertz CT molecular complexity index is 1090. The summed E-state index contributed by atoms with van der Waals surface area (Å²) in [4.78, 5) is 40.9. The van der Waals surface area contributed by atoms with Crippen LogP contribution in [0.5, 0.6) is 0 Å². The second-order valence-electron chi connectivity index (χ2n) is 6.05. The summed E-state index contributed by atoms with van der Waals surface area (Å²) >= 11 is 1.14. The van der Waals surface area contributed by atoms with E-state index in [0.717, 1.165) is 11.8 Å². The lowest BCUT2D eigenvalue weighted by Crippen LogP contribution is -2.27. The van der Waals surface area contributed by atoms with E-state index >= 15 is 0 Å². The number of pyridine rings is 1. The smallest absolute Gasteiger partial charge is 0.409 e. The molecule has 2 N–H and O–H groups in total. The van der Waals surface area contributed by atoms with E-state index in [0.29, 0.717) is 21.3 Å². The zero-order chi connectivity index (χ0) is 21.7. The normalized spacial score (nSPS) is 10.3. The summed E-state index contributed by atoms with van der Waals surface area (Å²) in [5.74, 6) is 0.0103. The Balaban J connectivity index is 1.84. The first-order valence-corrected chi connectivity index (χ1v) is 9.42. The SMILES string of the molecule is CN(C(=O)c1ccc(Sc2ccc(NC(=O)O)cc2)c([N+](=O)[O-])c1)c1ccccn1. The minimum atomic E-state index is -1.18. The summed E-state index contributed by atoms with van der Waals surface area (Å²) in [5, 5.41) is 22.5. The second kappa shape index (κ2) is 9.05. The van der Waals surface area contributed by atoms with Crippen LogP contribution in [-0.2, 0) is 0 Å². The second-order valence-corrected chi connectivity index (χ2v) is 7.16. The van der Waals surface area contributed by atoms with Gasteiger partial charge in [-0.1, -0.05) is 17.8 Å². The van der Waals surface area contributed by atoms with Crippen LogP contribution in [0.3, 0.4) is 0 Å². The zero-order valence-electron chi connectivity index (χ0n) is 15.7. The molecule has 2 amide bonds. The lowest BCUT2D eigenvalue weighted by atomic mass is 10.2. The number of carboxylic acid groups (broad SMARTS) is 1. The van der Waals surface area contributed by atoms with E-state index in [4.69, 9.17) is 5.11 Å². The Labute approximate surface area is 175 Å². The number of benzene rings is 2. The topological polar surface area (TPSA) is 126 Å². The molecule has 0 unspecified atom stereocenters. The van der Waals surface area contributed by atoms with Crippen molar-refractivity contribution in [2.24, 2.45) is 0 Å². The van der Waals surface area contributed by atoms with E-state index in [-0.39, 0.29) is 11.3 Å². The third kappa shape index (κ3) is 4.92. The van der Waals surface area contributed by atoms with Gasteiger partial charge in [0.15, 0.2) is 0 Å². The van der Waals surface area contributed by atoms with Gasteiger partial charge >= 0.3 is 6.09 Å². The fourth-order valence-electron chi connectivity index (χ4n) is 2.59. The zero-order valence-corrected chi connectivity index (χ0v) is 16.5. The molecule has 0 aliphatic rings. The number of amides is 2. The van der Waals surface area contributed by atoms with Gasteiger partial charge in [0.05, 0.1) is 9.82 Å². The van der Waals surface area contributed by atoms with Gasteiger partial charge in [-0.3, -0.25) is 25.1 Å². The molecule has 0 aliphatic heterocycles. The van der Waals surface area contributed by atoms with Gasteiger partial charge in [0, 0.05) is 35.5 Å². The third-order valence-electron chi connectivity index (χ3n) is 4.03. The van der Waals surface area contributed by atoms with Crippen LogP contribution in [-0.4, -0.2) is 34.1 Å². The molecule has 0 fully saturated rings. The monoisotopic (exact) mass is 424 g/mol. The number of anilines is 2. The highest BCUT2D eigenvalue weighted by Crippen LogP contribution is 2.36. The van der Waals surface area contributed by atoms with Gasteiger partial charge in [-0.15, -0.1) is 0 Å². The molecule has 3 aromatic rings. The molecule has 0 radical (unpaired) electrons. The Morgan fingerprint density at radius 1 is 1.13 bits per heavy atom. The van der Waals surface area contributed by atoms with Crippen molar-refractivity contribution in [3.05, 3.63) is 82.5 Å². The van der Waals surface area contributed by atoms with E-state index in [1.807, 2.05) is 0 Å². The molecule has 0 aliphatic carbocycles. The van der Waals surface area contributed by atoms with Crippen molar-refractivity contribution in [2.75, 3.05) is 17.3 Å². The van der Waals surface area contributed by atoms with Gasteiger partial charge in [0.2, 0.25) is 0 Å². The Hall–Kier alpha value is -3.92. The number of nitro benzene ring substituents is 1. The van der Waals surface area contributed by atoms with Crippen molar-refractivity contribution in [2.45, 2.75) is 9.79 Å². The highest BCUT2D eigenvalue weighted by Gasteiger charge is 2.21. The highest BCUT2D eigenvalue weighted by molar-refractivity contribution is 7.99. The summed E-state index contributed by atoms with van der Waals surface area (Å²) in [5.41, 5.74) is 0.355. The van der Waals surface area contributed by atoms with Crippen molar-refractivity contribution < 1.29 is 19.6 Å². The molecule has 0 saturated carbocycles. The summed E-state index contributed by atoms with van der Waals surface area (Å²) < 4.78 is 0. The van der Waals surface area contributed by atoms with Crippen molar-refractivity contribution in [1.29, 1.82) is 0 Å². The molecule has 1 heterocycles. The highest BCUT2D eigenvalue weighted by atomic mass is 32.2. The molecular weight excluding hydrogens is 408 g/mol. The molecule has 0 saturated heterocycles. The molecule has 0 spiro atoms. The molecule has 0 atom stereocenters. The summed E-state index contributed by atoms with van der Waals surface area (Å²) in [6, 6.07) is 15.8. The minimum Gasteiger partial charge on any atom is -0.465 e. The van der Waals surface area contributed by atoms with Gasteiger partial charge < -0.3 is 5.11 Å². The lowest BCUT2D eigenvalue weighted by molar-refractivity contribution is -0.387. The standard InChI is InChI=1S/C20H16N4O5S/c1-23(18-4-2-3-11-21-18)19(25)13-5-10-17(16(12-13)24(28)29)30-15-8-6-14(7-9-15)22-20(26)27/h2-12,22H,1H3,(H,26,27). The predicted molar refractivity (Wildman–Crippen MR) is 112 cm³/mol. The maximum absolute atomic E-state index is 12.7. The molecule has 152 valence electrons. The van der Waals surface area contributed by atoms with Crippen LogP contribution in [0, 0.1) is 10.1 Å². The van der Waals surface area contributed by atoms with Crippen LogP contribution >= 0.6 is 11.8 Å². The molecule has 3 rings (SSSR count). The average molecular weight is 424 g/mol. The van der Waals surface area contributed by atoms with Gasteiger partial charge in [-0.25, -0.2) is 9.78 Å². The number of aromatic nitrogens is 1. The fraction of sp³-hybridized carbons (Fsp3) is 0.0500. The average Bonchev–Trinajstić information content (AvgIpc) is 2.74. The summed E-state index contributed by atoms with van der Waals surface area (Å²) in [7, 11) is 1.55. The van der Waals surface area contributed by atoms with Crippen LogP contribution in [0.15, 0.2) is 76.7 Å². The summed E-state index contributed by atoms with van der Waals surface area (Å²) in [6.07, 6.45) is 0.375. The van der Waals surface area contributed by atoms with Gasteiger partial charge in [-0.2, -0.15) is 0 Å². The van der Waals surface area contributed by atoms with Gasteiger partial charge in [0.1, 0.15) is 5.82 Å². The minimum absolute atomic E-state index is 0.167. The predicted octanol–water partition coefficient (Wildman–Crippen LogP) is 4.51. The van der Waals surface area contributed by atoms with E-state index in [2.05, 4.69) is 10.3 Å². The van der Waals surface area contributed by atoms with Crippen LogP contribution in [0.25, 0.3) is 0 Å². The van der Waals surface area contributed by atoms with E-state index in [9.17, 15) is 19.7 Å². The fourth-order valence-corrected chi connectivity index (χ4v) is 3.49. The molecular formula is C20H16N4O5S. The molecule has 9 nitrogen and oxygen atoms in total. The first-order valence-electron chi connectivity index (χ1n) is 8.60. The number of nitro groups is 1. The first kappa shape index (κ1) is 20.8. The van der Waals surface area contributed by atoms with Crippen LogP contribution in [0.1, 0.15) is 10.4 Å². The first-order chi connectivity index (χ1) is 14.3. The Kier molecular flexibility index (Phi) is 6.28. The number of rotatable bonds is 6. The number of carbonyl (C=O) groups is 2. The third-order valence-corrected chi connectivity index (χ3v) is 5.11. The van der Waals surface area contributed by atoms with Crippen molar-refractivity contribution >= 4 is 41.0 Å². The van der Waals surface area contributed by atoms with E-state index in [1.165, 1.54) is 23.1 Å². The van der Waals surface area contributed by atoms with Crippen molar-refractivity contribution in [3.8, 4) is 0 Å². The van der Waals surface area contributed by atoms with Crippen molar-refractivity contribution in [1.82, 2.24) is 4.98 Å². The Morgan fingerprint density at radius 3 is 2.47 bits per heavy atom. The quantitative estimate of drug-likeness (QED) is 0.440. The molecule has 10 heteroatoms. The maximum atomic E-state index is 12.7. The summed E-state index contributed by atoms with van der Waals surface area (Å²) in [6.45, 7) is 0. The van der Waals surface area contributed by atoms with Gasteiger partial charge in [0.25, 0.3) is 11.6 Å². The number of nitrogens with zero attached hydrogens (tertiary/aromatic N) is 3. The Morgan fingerprint density at radius 2 is 1.87 bits per heavy atom. The van der Waals surface area contributed by atoms with Crippen molar-refractivity contribution in [3.63, 3.8) is 0 Å². The number of hydrogen-bond acceptors (Lipinski definition) is 6. The van der Waals surface area contributed by atoms with Crippen LogP contribution in [0.2, 0.25) is 0 Å². The number of carbonyl (C=O) groups excluding carboxylic acids is 1. The lowest BCUT2D eigenvalue weighted by Gasteiger charge is -2.16.